The summed E-state index contributed by atoms with van der Waals surface area (Å²) in [6, 6.07) is 0. The fourth-order valence-corrected chi connectivity index (χ4v) is 4.48. The predicted molar refractivity (Wildman–Crippen MR) is 91.0 cm³/mol. The van der Waals surface area contributed by atoms with E-state index < -0.39 is 10.2 Å². The number of hydrogen-bond acceptors (Lipinski definition) is 5. The van der Waals surface area contributed by atoms with Crippen molar-refractivity contribution in [2.24, 2.45) is 0 Å². The summed E-state index contributed by atoms with van der Waals surface area (Å²) in [4.78, 5) is 19.5. The van der Waals surface area contributed by atoms with E-state index in [-0.39, 0.29) is 5.91 Å². The Balaban J connectivity index is 2.07. The molecular weight excluding hydrogens is 336 g/mol. The smallest absolute Gasteiger partial charge is 0.281 e. The van der Waals surface area contributed by atoms with Gasteiger partial charge >= 0.3 is 0 Å². The lowest BCUT2D eigenvalue weighted by atomic mass is 10.2. The highest BCUT2D eigenvalue weighted by Gasteiger charge is 2.31. The van der Waals surface area contributed by atoms with Crippen LogP contribution in [0.4, 0.5) is 0 Å². The lowest BCUT2D eigenvalue weighted by molar-refractivity contribution is 0.0699. The molecule has 0 saturated carbocycles. The van der Waals surface area contributed by atoms with E-state index in [1.807, 2.05) is 6.92 Å². The quantitative estimate of drug-likeness (QED) is 0.807. The maximum absolute atomic E-state index is 12.7. The van der Waals surface area contributed by atoms with Crippen LogP contribution in [0.2, 0.25) is 0 Å². The van der Waals surface area contributed by atoms with Gasteiger partial charge in [-0.3, -0.25) is 4.79 Å². The van der Waals surface area contributed by atoms with Gasteiger partial charge in [0.05, 0.1) is 10.7 Å². The van der Waals surface area contributed by atoms with Crippen molar-refractivity contribution in [2.75, 3.05) is 40.3 Å². The van der Waals surface area contributed by atoms with Crippen LogP contribution in [-0.2, 0) is 10.2 Å². The van der Waals surface area contributed by atoms with E-state index in [4.69, 9.17) is 0 Å². The zero-order valence-electron chi connectivity index (χ0n) is 14.2. The molecule has 7 nitrogen and oxygen atoms in total. The Morgan fingerprint density at radius 2 is 1.78 bits per heavy atom. The Labute approximate surface area is 142 Å². The third-order valence-electron chi connectivity index (χ3n) is 3.81. The van der Waals surface area contributed by atoms with Gasteiger partial charge in [-0.05, 0) is 6.92 Å². The highest BCUT2D eigenvalue weighted by Crippen LogP contribution is 2.26. The van der Waals surface area contributed by atoms with Crippen LogP contribution in [0, 0.1) is 6.92 Å². The third kappa shape index (κ3) is 3.73. The molecular formula is C14H24N4O3S2. The topological polar surface area (TPSA) is 73.8 Å². The monoisotopic (exact) mass is 360 g/mol. The van der Waals surface area contributed by atoms with Crippen LogP contribution in [-0.4, -0.2) is 73.1 Å². The number of thiazole rings is 1. The van der Waals surface area contributed by atoms with Crippen molar-refractivity contribution in [1.82, 2.24) is 18.5 Å². The highest BCUT2D eigenvalue weighted by atomic mass is 32.2. The molecule has 0 atom stereocenters. The molecule has 1 aliphatic heterocycles. The molecule has 1 saturated heterocycles. The fourth-order valence-electron chi connectivity index (χ4n) is 2.36. The summed E-state index contributed by atoms with van der Waals surface area (Å²) >= 11 is 1.44. The molecule has 1 fully saturated rings. The molecule has 0 bridgehead atoms. The molecule has 2 rings (SSSR count). The first-order valence-corrected chi connectivity index (χ1v) is 9.80. The zero-order chi connectivity index (χ0) is 17.4. The lowest BCUT2D eigenvalue weighted by Crippen LogP contribution is -2.53. The molecule has 1 aromatic rings. The molecule has 0 radical (unpaired) electrons. The molecule has 1 aromatic heterocycles. The average Bonchev–Trinajstić information content (AvgIpc) is 2.88. The molecule has 0 N–H and O–H groups in total. The predicted octanol–water partition coefficient (Wildman–Crippen LogP) is 1.14. The minimum atomic E-state index is -3.41. The standard InChI is InChI=1S/C14H24N4O3S2/c1-10(2)13-15-11(3)12(22-13)14(19)17-6-8-18(9-7-17)23(20,21)16(4)5/h10H,6-9H2,1-5H3. The Hall–Kier alpha value is -1.03. The zero-order valence-corrected chi connectivity index (χ0v) is 15.9. The second-order valence-corrected chi connectivity index (χ2v) is 9.28. The van der Waals surface area contributed by atoms with E-state index in [0.29, 0.717) is 37.0 Å². The fraction of sp³-hybridized carbons (Fsp3) is 0.714. The maximum atomic E-state index is 12.7. The minimum Gasteiger partial charge on any atom is -0.335 e. The van der Waals surface area contributed by atoms with Crippen molar-refractivity contribution in [3.05, 3.63) is 15.6 Å². The van der Waals surface area contributed by atoms with Crippen LogP contribution < -0.4 is 0 Å². The van der Waals surface area contributed by atoms with Gasteiger partial charge in [-0.1, -0.05) is 13.8 Å². The number of rotatable bonds is 4. The SMILES string of the molecule is Cc1nc(C(C)C)sc1C(=O)N1CCN(S(=O)(=O)N(C)C)CC1. The van der Waals surface area contributed by atoms with Crippen molar-refractivity contribution >= 4 is 27.5 Å². The van der Waals surface area contributed by atoms with Crippen LogP contribution in [0.15, 0.2) is 0 Å². The van der Waals surface area contributed by atoms with Crippen LogP contribution in [0.5, 0.6) is 0 Å². The van der Waals surface area contributed by atoms with Gasteiger partial charge in [-0.25, -0.2) is 4.98 Å². The lowest BCUT2D eigenvalue weighted by Gasteiger charge is -2.35. The van der Waals surface area contributed by atoms with E-state index in [2.05, 4.69) is 18.8 Å². The summed E-state index contributed by atoms with van der Waals surface area (Å²) in [5.74, 6) is 0.246. The molecule has 1 aliphatic rings. The number of aromatic nitrogens is 1. The van der Waals surface area contributed by atoms with Crippen LogP contribution in [0.1, 0.15) is 40.1 Å². The van der Waals surface area contributed by atoms with Crippen LogP contribution in [0.3, 0.4) is 0 Å². The molecule has 130 valence electrons. The number of nitrogens with zero attached hydrogens (tertiary/aromatic N) is 4. The van der Waals surface area contributed by atoms with Gasteiger partial charge in [0.15, 0.2) is 0 Å². The van der Waals surface area contributed by atoms with E-state index in [0.717, 1.165) is 10.7 Å². The largest absolute Gasteiger partial charge is 0.335 e. The summed E-state index contributed by atoms with van der Waals surface area (Å²) in [5.41, 5.74) is 0.757. The summed E-state index contributed by atoms with van der Waals surface area (Å²) in [6.45, 7) is 7.40. The van der Waals surface area contributed by atoms with Gasteiger partial charge in [0.2, 0.25) is 0 Å². The van der Waals surface area contributed by atoms with E-state index >= 15 is 0 Å². The number of aryl methyl sites for hydroxylation is 1. The maximum Gasteiger partial charge on any atom is 0.281 e. The highest BCUT2D eigenvalue weighted by molar-refractivity contribution is 7.86. The first-order chi connectivity index (χ1) is 10.6. The van der Waals surface area contributed by atoms with Gasteiger partial charge in [-0.2, -0.15) is 17.0 Å². The number of hydrogen-bond donors (Lipinski definition) is 0. The van der Waals surface area contributed by atoms with Crippen molar-refractivity contribution in [2.45, 2.75) is 26.7 Å². The summed E-state index contributed by atoms with van der Waals surface area (Å²) in [7, 11) is -0.380. The second-order valence-electron chi connectivity index (χ2n) is 6.10. The first-order valence-electron chi connectivity index (χ1n) is 7.58. The van der Waals surface area contributed by atoms with Crippen LogP contribution >= 0.6 is 11.3 Å². The first kappa shape index (κ1) is 18.3. The Bertz CT molecular complexity index is 674. The van der Waals surface area contributed by atoms with Gasteiger partial charge in [0, 0.05) is 46.2 Å². The Morgan fingerprint density at radius 3 is 2.22 bits per heavy atom. The average molecular weight is 361 g/mol. The summed E-state index contributed by atoms with van der Waals surface area (Å²) in [5, 5.41) is 0.958. The van der Waals surface area contributed by atoms with Crippen LogP contribution in [0.25, 0.3) is 0 Å². The van der Waals surface area contributed by atoms with Crippen molar-refractivity contribution in [3.8, 4) is 0 Å². The summed E-state index contributed by atoms with van der Waals surface area (Å²) in [6.07, 6.45) is 0. The van der Waals surface area contributed by atoms with E-state index in [9.17, 15) is 13.2 Å². The van der Waals surface area contributed by atoms with Gasteiger partial charge in [0.1, 0.15) is 4.88 Å². The number of amides is 1. The van der Waals surface area contributed by atoms with Crippen molar-refractivity contribution in [1.29, 1.82) is 0 Å². The van der Waals surface area contributed by atoms with Gasteiger partial charge < -0.3 is 4.90 Å². The number of piperazine rings is 1. The molecule has 0 aliphatic carbocycles. The molecule has 0 spiro atoms. The minimum absolute atomic E-state index is 0.0474. The molecule has 1 amide bonds. The van der Waals surface area contributed by atoms with Gasteiger partial charge in [0.25, 0.3) is 16.1 Å². The second kappa shape index (κ2) is 6.84. The van der Waals surface area contributed by atoms with Crippen molar-refractivity contribution < 1.29 is 13.2 Å². The Kier molecular flexibility index (Phi) is 5.44. The molecule has 0 unspecified atom stereocenters. The molecule has 23 heavy (non-hydrogen) atoms. The number of carbonyl (C=O) groups is 1. The van der Waals surface area contributed by atoms with E-state index in [1.54, 1.807) is 4.90 Å². The normalized spacial score (nSPS) is 17.3. The molecule has 0 aromatic carbocycles. The van der Waals surface area contributed by atoms with E-state index in [1.165, 1.54) is 34.0 Å². The number of carbonyl (C=O) groups excluding carboxylic acids is 1. The third-order valence-corrected chi connectivity index (χ3v) is 7.20. The summed E-state index contributed by atoms with van der Waals surface area (Å²) < 4.78 is 26.8. The van der Waals surface area contributed by atoms with Crippen molar-refractivity contribution in [3.63, 3.8) is 0 Å². The van der Waals surface area contributed by atoms with Gasteiger partial charge in [-0.15, -0.1) is 11.3 Å². The Morgan fingerprint density at radius 1 is 1.22 bits per heavy atom. The molecule has 9 heteroatoms. The molecule has 2 heterocycles.